The Bertz CT molecular complexity index is 556. The molecule has 0 atom stereocenters. The summed E-state index contributed by atoms with van der Waals surface area (Å²) in [7, 11) is 0. The van der Waals surface area contributed by atoms with Gasteiger partial charge < -0.3 is 10.2 Å². The van der Waals surface area contributed by atoms with E-state index in [9.17, 15) is 10.2 Å². The third-order valence-corrected chi connectivity index (χ3v) is 2.45. The third-order valence-electron chi connectivity index (χ3n) is 2.45. The van der Waals surface area contributed by atoms with Gasteiger partial charge in [0.1, 0.15) is 0 Å². The summed E-state index contributed by atoms with van der Waals surface area (Å²) in [4.78, 5) is 4.24. The van der Waals surface area contributed by atoms with E-state index < -0.39 is 0 Å². The summed E-state index contributed by atoms with van der Waals surface area (Å²) in [5, 5.41) is 20.2. The molecule has 1 heterocycles. The second-order valence-electron chi connectivity index (χ2n) is 3.46. The van der Waals surface area contributed by atoms with Gasteiger partial charge in [0.2, 0.25) is 0 Å². The molecule has 0 fully saturated rings. The highest BCUT2D eigenvalue weighted by molar-refractivity contribution is 5.65. The van der Waals surface area contributed by atoms with Crippen molar-refractivity contribution in [1.29, 1.82) is 0 Å². The molecule has 0 spiro atoms. The van der Waals surface area contributed by atoms with E-state index in [2.05, 4.69) is 11.6 Å². The van der Waals surface area contributed by atoms with Gasteiger partial charge in [-0.3, -0.25) is 4.99 Å². The largest absolute Gasteiger partial charge is 0.504 e. The van der Waals surface area contributed by atoms with Gasteiger partial charge in [-0.2, -0.15) is 0 Å². The number of phenols is 2. The van der Waals surface area contributed by atoms with E-state index in [-0.39, 0.29) is 11.5 Å². The number of allylic oxidation sites excluding steroid dienone is 1. The molecule has 1 aliphatic heterocycles. The average Bonchev–Trinajstić information content (AvgIpc) is 2.54. The van der Waals surface area contributed by atoms with Crippen LogP contribution in [0.5, 0.6) is 11.5 Å². The van der Waals surface area contributed by atoms with Crippen LogP contribution >= 0.6 is 0 Å². The van der Waals surface area contributed by atoms with Crippen LogP contribution in [0.1, 0.15) is 18.1 Å². The van der Waals surface area contributed by atoms with E-state index in [0.29, 0.717) is 16.1 Å². The number of benzene rings is 1. The Morgan fingerprint density at radius 2 is 1.86 bits per heavy atom. The van der Waals surface area contributed by atoms with E-state index in [4.69, 9.17) is 0 Å². The monoisotopic (exact) mass is 189 g/mol. The normalized spacial score (nSPS) is 13.4. The second-order valence-corrected chi connectivity index (χ2v) is 3.46. The molecule has 0 aromatic heterocycles. The minimum absolute atomic E-state index is 0.102. The summed E-state index contributed by atoms with van der Waals surface area (Å²) in [5.74, 6) is -0.275. The maximum absolute atomic E-state index is 9.58. The fourth-order valence-corrected chi connectivity index (χ4v) is 1.62. The molecule has 72 valence electrons. The van der Waals surface area contributed by atoms with Crippen molar-refractivity contribution in [3.05, 3.63) is 27.4 Å². The van der Waals surface area contributed by atoms with Gasteiger partial charge in [-0.25, -0.2) is 0 Å². The number of rotatable bonds is 0. The zero-order valence-corrected chi connectivity index (χ0v) is 8.13. The Hall–Kier alpha value is -1.77. The molecule has 2 rings (SSSR count). The Kier molecular flexibility index (Phi) is 1.64. The first kappa shape index (κ1) is 8.81. The van der Waals surface area contributed by atoms with Crippen molar-refractivity contribution < 1.29 is 10.2 Å². The first-order valence-corrected chi connectivity index (χ1v) is 4.33. The molecular weight excluding hydrogens is 178 g/mol. The van der Waals surface area contributed by atoms with Crippen LogP contribution in [0, 0.1) is 6.92 Å². The Morgan fingerprint density at radius 1 is 1.21 bits per heavy atom. The van der Waals surface area contributed by atoms with Crippen LogP contribution in [0.4, 0.5) is 0 Å². The minimum Gasteiger partial charge on any atom is -0.504 e. The lowest BCUT2D eigenvalue weighted by Gasteiger charge is -2.04. The van der Waals surface area contributed by atoms with E-state index >= 15 is 0 Å². The van der Waals surface area contributed by atoms with Crippen LogP contribution in [0.25, 0.3) is 12.7 Å². The summed E-state index contributed by atoms with van der Waals surface area (Å²) in [6.45, 7) is 7.31. The molecule has 3 heteroatoms. The zero-order chi connectivity index (χ0) is 10.5. The fraction of sp³-hybridized carbons (Fsp3) is 0.182. The molecule has 1 aromatic rings. The SMILES string of the molecule is C=c1c(O)c(O)c(C)c2c1=NC(C)=C2. The van der Waals surface area contributed by atoms with Crippen LogP contribution in [0.3, 0.4) is 0 Å². The molecular formula is C11H11NO2. The van der Waals surface area contributed by atoms with E-state index in [1.54, 1.807) is 6.92 Å². The molecule has 1 aromatic carbocycles. The smallest absolute Gasteiger partial charge is 0.166 e. The van der Waals surface area contributed by atoms with Crippen LogP contribution in [0.15, 0.2) is 10.7 Å². The predicted octanol–water partition coefficient (Wildman–Crippen LogP) is 0.811. The van der Waals surface area contributed by atoms with E-state index in [1.807, 2.05) is 13.0 Å². The number of hydrogen-bond donors (Lipinski definition) is 2. The standard InChI is InChI=1S/C11H11NO2/c1-5-4-8-6(2)10(13)11(14)7(3)9(8)12-5/h4,13-14H,3H2,1-2H3. The van der Waals surface area contributed by atoms with Crippen molar-refractivity contribution in [3.8, 4) is 11.5 Å². The predicted molar refractivity (Wildman–Crippen MR) is 54.5 cm³/mol. The van der Waals surface area contributed by atoms with Gasteiger partial charge in [-0.1, -0.05) is 6.58 Å². The van der Waals surface area contributed by atoms with Gasteiger partial charge in [0.05, 0.1) is 5.36 Å². The zero-order valence-electron chi connectivity index (χ0n) is 8.13. The number of hydrogen-bond acceptors (Lipinski definition) is 3. The highest BCUT2D eigenvalue weighted by Crippen LogP contribution is 2.27. The molecule has 0 radical (unpaired) electrons. The molecule has 0 saturated carbocycles. The molecule has 0 unspecified atom stereocenters. The fourth-order valence-electron chi connectivity index (χ4n) is 1.62. The summed E-state index contributed by atoms with van der Waals surface area (Å²) in [5.41, 5.74) is 2.35. The number of nitrogens with zero attached hydrogens (tertiary/aromatic N) is 1. The first-order chi connectivity index (χ1) is 6.52. The van der Waals surface area contributed by atoms with Crippen LogP contribution in [0.2, 0.25) is 0 Å². The molecule has 14 heavy (non-hydrogen) atoms. The molecule has 1 aliphatic rings. The molecule has 0 amide bonds. The number of fused-ring (bicyclic) bond motifs is 1. The highest BCUT2D eigenvalue weighted by Gasteiger charge is 2.15. The van der Waals surface area contributed by atoms with Crippen LogP contribution in [-0.4, -0.2) is 10.2 Å². The van der Waals surface area contributed by atoms with Crippen molar-refractivity contribution in [2.24, 2.45) is 4.99 Å². The highest BCUT2D eigenvalue weighted by atomic mass is 16.3. The second kappa shape index (κ2) is 2.61. The lowest BCUT2D eigenvalue weighted by Crippen LogP contribution is -2.26. The maximum Gasteiger partial charge on any atom is 0.166 e. The van der Waals surface area contributed by atoms with Crippen molar-refractivity contribution in [1.82, 2.24) is 0 Å². The van der Waals surface area contributed by atoms with Gasteiger partial charge in [0.15, 0.2) is 11.5 Å². The van der Waals surface area contributed by atoms with Gasteiger partial charge >= 0.3 is 0 Å². The average molecular weight is 189 g/mol. The van der Waals surface area contributed by atoms with E-state index in [1.165, 1.54) is 0 Å². The first-order valence-electron chi connectivity index (χ1n) is 4.33. The Balaban J connectivity index is 3.00. The molecule has 0 bridgehead atoms. The summed E-state index contributed by atoms with van der Waals surface area (Å²) in [6, 6.07) is 0. The number of phenolic OH excluding ortho intramolecular Hbond substituents is 2. The molecule has 3 nitrogen and oxygen atoms in total. The molecule has 2 N–H and O–H groups in total. The minimum atomic E-state index is -0.173. The van der Waals surface area contributed by atoms with Crippen molar-refractivity contribution in [2.45, 2.75) is 13.8 Å². The summed E-state index contributed by atoms with van der Waals surface area (Å²) >= 11 is 0. The van der Waals surface area contributed by atoms with Crippen LogP contribution < -0.4 is 10.6 Å². The van der Waals surface area contributed by atoms with E-state index in [0.717, 1.165) is 11.3 Å². The topological polar surface area (TPSA) is 52.8 Å². The third kappa shape index (κ3) is 0.954. The van der Waals surface area contributed by atoms with Crippen molar-refractivity contribution in [3.63, 3.8) is 0 Å². The summed E-state index contributed by atoms with van der Waals surface area (Å²) < 4.78 is 0. The number of aromatic hydroxyl groups is 2. The van der Waals surface area contributed by atoms with Gasteiger partial charge in [-0.05, 0) is 19.9 Å². The van der Waals surface area contributed by atoms with Crippen LogP contribution in [-0.2, 0) is 0 Å². The summed E-state index contributed by atoms with van der Waals surface area (Å²) in [6.07, 6.45) is 1.87. The Labute approximate surface area is 81.4 Å². The quantitative estimate of drug-likeness (QED) is 0.593. The lowest BCUT2D eigenvalue weighted by molar-refractivity contribution is 0.397. The maximum atomic E-state index is 9.58. The lowest BCUT2D eigenvalue weighted by atomic mass is 10.1. The van der Waals surface area contributed by atoms with Crippen molar-refractivity contribution in [2.75, 3.05) is 0 Å². The molecule has 0 aliphatic carbocycles. The molecule has 0 saturated heterocycles. The van der Waals surface area contributed by atoms with Crippen molar-refractivity contribution >= 4 is 12.7 Å². The Morgan fingerprint density at radius 3 is 2.50 bits per heavy atom. The van der Waals surface area contributed by atoms with Gasteiger partial charge in [0, 0.05) is 22.0 Å². The van der Waals surface area contributed by atoms with Gasteiger partial charge in [-0.15, -0.1) is 0 Å². The van der Waals surface area contributed by atoms with Gasteiger partial charge in [0.25, 0.3) is 0 Å².